The highest BCUT2D eigenvalue weighted by molar-refractivity contribution is 5.39. The Hall–Kier alpha value is -2.54. The van der Waals surface area contributed by atoms with Crippen molar-refractivity contribution in [2.75, 3.05) is 13.2 Å². The third-order valence-corrected chi connectivity index (χ3v) is 3.25. The highest BCUT2D eigenvalue weighted by Crippen LogP contribution is 2.28. The first-order valence-corrected chi connectivity index (χ1v) is 7.25. The molecule has 1 unspecified atom stereocenters. The Balaban J connectivity index is 1.98. The minimum absolute atomic E-state index is 0.316. The lowest BCUT2D eigenvalue weighted by molar-refractivity contribution is 0.270. The van der Waals surface area contributed by atoms with E-state index in [-0.39, 0.29) is 5.82 Å². The molecule has 3 nitrogen and oxygen atoms in total. The molecule has 22 heavy (non-hydrogen) atoms. The van der Waals surface area contributed by atoms with E-state index in [4.69, 9.17) is 9.47 Å². The predicted molar refractivity (Wildman–Crippen MR) is 82.5 cm³/mol. The highest BCUT2D eigenvalue weighted by atomic mass is 19.1. The Morgan fingerprint density at radius 1 is 1.05 bits per heavy atom. The average molecular weight is 299 g/mol. The largest absolute Gasteiger partial charge is 0.490 e. The van der Waals surface area contributed by atoms with Gasteiger partial charge < -0.3 is 9.47 Å². The van der Waals surface area contributed by atoms with Crippen LogP contribution in [0.1, 0.15) is 24.8 Å². The van der Waals surface area contributed by atoms with Crippen molar-refractivity contribution in [3.63, 3.8) is 0 Å². The maximum atomic E-state index is 13.7. The van der Waals surface area contributed by atoms with Crippen LogP contribution in [0.5, 0.6) is 11.5 Å². The number of nitrogens with zero attached hydrogens (tertiary/aromatic N) is 1. The monoisotopic (exact) mass is 299 g/mol. The van der Waals surface area contributed by atoms with Crippen LogP contribution in [0, 0.1) is 17.1 Å². The molecule has 0 aliphatic heterocycles. The van der Waals surface area contributed by atoms with Gasteiger partial charge in [0.25, 0.3) is 0 Å². The van der Waals surface area contributed by atoms with Gasteiger partial charge in [-0.3, -0.25) is 0 Å². The Morgan fingerprint density at radius 3 is 2.32 bits per heavy atom. The maximum absolute atomic E-state index is 13.7. The Labute approximate surface area is 129 Å². The van der Waals surface area contributed by atoms with E-state index in [0.717, 1.165) is 0 Å². The number of benzene rings is 2. The fourth-order valence-electron chi connectivity index (χ4n) is 2.18. The smallest absolute Gasteiger partial charge is 0.161 e. The van der Waals surface area contributed by atoms with E-state index in [1.54, 1.807) is 18.2 Å². The molecular weight excluding hydrogens is 281 g/mol. The fraction of sp³-hybridized carbons (Fsp3) is 0.278. The highest BCUT2D eigenvalue weighted by Gasteiger charge is 2.15. The molecule has 2 rings (SSSR count). The Bertz CT molecular complexity index is 652. The summed E-state index contributed by atoms with van der Waals surface area (Å²) in [6, 6.07) is 15.9. The molecule has 0 saturated heterocycles. The van der Waals surface area contributed by atoms with Crippen LogP contribution in [0.4, 0.5) is 4.39 Å². The van der Waals surface area contributed by atoms with Crippen LogP contribution in [0.25, 0.3) is 0 Å². The summed E-state index contributed by atoms with van der Waals surface area (Å²) < 4.78 is 24.9. The first-order valence-electron chi connectivity index (χ1n) is 7.25. The van der Waals surface area contributed by atoms with Crippen LogP contribution in [0.15, 0.2) is 48.5 Å². The van der Waals surface area contributed by atoms with Gasteiger partial charge in [-0.2, -0.15) is 5.26 Å². The molecule has 0 aliphatic carbocycles. The minimum Gasteiger partial charge on any atom is -0.490 e. The predicted octanol–water partition coefficient (Wildman–Crippen LogP) is 4.30. The summed E-state index contributed by atoms with van der Waals surface area (Å²) in [5.74, 6) is 0.420. The molecule has 0 amide bonds. The quantitative estimate of drug-likeness (QED) is 0.765. The van der Waals surface area contributed by atoms with Crippen molar-refractivity contribution in [2.24, 2.45) is 0 Å². The van der Waals surface area contributed by atoms with Gasteiger partial charge in [-0.25, -0.2) is 4.39 Å². The topological polar surface area (TPSA) is 42.2 Å². The normalized spacial score (nSPS) is 11.5. The van der Waals surface area contributed by atoms with Crippen LogP contribution in [0.3, 0.4) is 0 Å². The van der Waals surface area contributed by atoms with Gasteiger partial charge in [0.2, 0.25) is 0 Å². The lowest BCUT2D eigenvalue weighted by Gasteiger charge is -2.14. The summed E-state index contributed by atoms with van der Waals surface area (Å²) in [6.45, 7) is 2.77. The van der Waals surface area contributed by atoms with E-state index in [1.165, 1.54) is 6.07 Å². The summed E-state index contributed by atoms with van der Waals surface area (Å²) >= 11 is 0. The molecule has 1 atom stereocenters. The lowest BCUT2D eigenvalue weighted by atomic mass is 9.97. The third kappa shape index (κ3) is 3.98. The number of hydrogen-bond donors (Lipinski definition) is 0. The first kappa shape index (κ1) is 15.8. The van der Waals surface area contributed by atoms with Gasteiger partial charge in [0.05, 0.1) is 25.2 Å². The van der Waals surface area contributed by atoms with Gasteiger partial charge >= 0.3 is 0 Å². The van der Waals surface area contributed by atoms with Crippen molar-refractivity contribution in [2.45, 2.75) is 19.3 Å². The van der Waals surface area contributed by atoms with Crippen LogP contribution < -0.4 is 9.47 Å². The minimum atomic E-state index is -0.527. The molecule has 0 aromatic heterocycles. The zero-order valence-corrected chi connectivity index (χ0v) is 12.5. The lowest BCUT2D eigenvalue weighted by Crippen LogP contribution is -2.07. The van der Waals surface area contributed by atoms with E-state index in [0.29, 0.717) is 36.7 Å². The first-order chi connectivity index (χ1) is 10.8. The molecule has 0 aliphatic rings. The van der Waals surface area contributed by atoms with Crippen molar-refractivity contribution in [1.82, 2.24) is 0 Å². The molecule has 0 saturated carbocycles. The summed E-state index contributed by atoms with van der Waals surface area (Å²) in [5, 5.41) is 9.24. The fourth-order valence-corrected chi connectivity index (χ4v) is 2.18. The number of rotatable bonds is 7. The second kappa shape index (κ2) is 8.04. The van der Waals surface area contributed by atoms with Gasteiger partial charge in [-0.05, 0) is 25.1 Å². The van der Waals surface area contributed by atoms with E-state index in [9.17, 15) is 9.65 Å². The van der Waals surface area contributed by atoms with Gasteiger partial charge in [-0.1, -0.05) is 30.3 Å². The Kier molecular flexibility index (Phi) is 5.79. The molecule has 114 valence electrons. The number of para-hydroxylation sites is 2. The molecule has 0 heterocycles. The van der Waals surface area contributed by atoms with Crippen LogP contribution in [-0.4, -0.2) is 13.2 Å². The second-order valence-electron chi connectivity index (χ2n) is 4.72. The number of halogens is 1. The van der Waals surface area contributed by atoms with Crippen LogP contribution in [-0.2, 0) is 0 Å². The molecule has 0 bridgehead atoms. The summed E-state index contributed by atoms with van der Waals surface area (Å²) in [6.07, 6.45) is 0.415. The van der Waals surface area contributed by atoms with E-state index < -0.39 is 5.92 Å². The number of ether oxygens (including phenoxy) is 2. The zero-order valence-electron chi connectivity index (χ0n) is 12.5. The molecule has 4 heteroatoms. The van der Waals surface area contributed by atoms with E-state index >= 15 is 0 Å². The van der Waals surface area contributed by atoms with E-state index in [2.05, 4.69) is 6.07 Å². The average Bonchev–Trinajstić information content (AvgIpc) is 2.54. The molecule has 2 aromatic carbocycles. The molecule has 0 N–H and O–H groups in total. The Morgan fingerprint density at radius 2 is 1.68 bits per heavy atom. The van der Waals surface area contributed by atoms with Gasteiger partial charge in [0, 0.05) is 12.0 Å². The molecule has 0 radical (unpaired) electrons. The van der Waals surface area contributed by atoms with Gasteiger partial charge in [0.15, 0.2) is 11.5 Å². The standard InChI is InChI=1S/C18H18FNO2/c1-2-21-17-9-5-6-10-18(17)22-12-11-14(13-20)15-7-3-4-8-16(15)19/h3-10,14H,2,11-12H2,1H3. The molecular formula is C18H18FNO2. The third-order valence-electron chi connectivity index (χ3n) is 3.25. The van der Waals surface area contributed by atoms with Gasteiger partial charge in [0.1, 0.15) is 5.82 Å². The summed E-state index contributed by atoms with van der Waals surface area (Å²) in [7, 11) is 0. The molecule has 0 fully saturated rings. The van der Waals surface area contributed by atoms with Crippen molar-refractivity contribution in [1.29, 1.82) is 5.26 Å². The van der Waals surface area contributed by atoms with Crippen molar-refractivity contribution in [3.05, 3.63) is 59.9 Å². The van der Waals surface area contributed by atoms with Crippen molar-refractivity contribution in [3.8, 4) is 17.6 Å². The van der Waals surface area contributed by atoms with Crippen LogP contribution in [0.2, 0.25) is 0 Å². The molecule has 0 spiro atoms. The maximum Gasteiger partial charge on any atom is 0.161 e. The SMILES string of the molecule is CCOc1ccccc1OCCC(C#N)c1ccccc1F. The zero-order chi connectivity index (χ0) is 15.8. The van der Waals surface area contributed by atoms with E-state index in [1.807, 2.05) is 31.2 Å². The number of hydrogen-bond acceptors (Lipinski definition) is 3. The van der Waals surface area contributed by atoms with Crippen molar-refractivity contribution >= 4 is 0 Å². The van der Waals surface area contributed by atoms with Crippen LogP contribution >= 0.6 is 0 Å². The summed E-state index contributed by atoms with van der Waals surface area (Å²) in [5.41, 5.74) is 0.409. The molecule has 2 aromatic rings. The summed E-state index contributed by atoms with van der Waals surface area (Å²) in [4.78, 5) is 0. The van der Waals surface area contributed by atoms with Crippen molar-refractivity contribution < 1.29 is 13.9 Å². The second-order valence-corrected chi connectivity index (χ2v) is 4.72. The van der Waals surface area contributed by atoms with Gasteiger partial charge in [-0.15, -0.1) is 0 Å². The number of nitriles is 1.